The van der Waals surface area contributed by atoms with E-state index in [0.29, 0.717) is 0 Å². The normalized spacial score (nSPS) is 9.69. The zero-order chi connectivity index (χ0) is 9.07. The Hall–Kier alpha value is 0.883. The monoisotopic (exact) mass is 381 g/mol. The second-order valence-electron chi connectivity index (χ2n) is 3.68. The second kappa shape index (κ2) is 15.4. The molecule has 13 heavy (non-hydrogen) atoms. The van der Waals surface area contributed by atoms with Crippen molar-refractivity contribution in [1.29, 1.82) is 0 Å². The first kappa shape index (κ1) is 16.3. The second-order valence-corrected chi connectivity index (χ2v) is 3.68. The summed E-state index contributed by atoms with van der Waals surface area (Å²) in [5.41, 5.74) is 0. The van der Waals surface area contributed by atoms with Crippen LogP contribution in [0.5, 0.6) is 0 Å². The average Bonchev–Trinajstić information content (AvgIpc) is 2.10. The van der Waals surface area contributed by atoms with Crippen molar-refractivity contribution >= 4 is 26.2 Å². The van der Waals surface area contributed by atoms with Gasteiger partial charge >= 0.3 is 26.2 Å². The molecule has 0 aliphatic carbocycles. The molecule has 0 amide bonds. The van der Waals surface area contributed by atoms with Crippen LogP contribution >= 0.6 is 0 Å². The Balaban J connectivity index is 0. The van der Waals surface area contributed by atoms with Gasteiger partial charge in [-0.1, -0.05) is 78.1 Å². The molecule has 0 fully saturated rings. The third-order valence-electron chi connectivity index (χ3n) is 2.35. The van der Waals surface area contributed by atoms with Crippen LogP contribution in [0.1, 0.15) is 71.1 Å². The van der Waals surface area contributed by atoms with Gasteiger partial charge in [0.1, 0.15) is 0 Å². The summed E-state index contributed by atoms with van der Waals surface area (Å²) in [7, 11) is 0. The summed E-state index contributed by atoms with van der Waals surface area (Å²) < 4.78 is 0. The first-order valence-electron chi connectivity index (χ1n) is 5.71. The molecule has 0 bridgehead atoms. The van der Waals surface area contributed by atoms with Crippen LogP contribution in [0.15, 0.2) is 0 Å². The Morgan fingerprint density at radius 3 is 1.46 bits per heavy atom. The average molecular weight is 381 g/mol. The van der Waals surface area contributed by atoms with Crippen molar-refractivity contribution in [2.24, 2.45) is 0 Å². The molecule has 0 saturated carbocycles. The van der Waals surface area contributed by atoms with Gasteiger partial charge in [-0.3, -0.25) is 0 Å². The van der Waals surface area contributed by atoms with E-state index in [-0.39, 0.29) is 26.2 Å². The van der Waals surface area contributed by atoms with Crippen molar-refractivity contribution in [3.63, 3.8) is 0 Å². The molecule has 0 rings (SSSR count). The largest absolute Gasteiger partial charge is 0.0654 e. The van der Waals surface area contributed by atoms with Crippen LogP contribution in [0.4, 0.5) is 0 Å². The molecule has 0 aliphatic rings. The van der Waals surface area contributed by atoms with E-state index in [1.165, 1.54) is 57.8 Å². The van der Waals surface area contributed by atoms with Gasteiger partial charge in [0.05, 0.1) is 0 Å². The smallest absolute Gasteiger partial charge is 0.0533 e. The third kappa shape index (κ3) is 15.6. The Morgan fingerprint density at radius 2 is 1.08 bits per heavy atom. The number of hydrogen-bond donors (Lipinski definition) is 0. The van der Waals surface area contributed by atoms with E-state index in [1.54, 1.807) is 0 Å². The predicted octanol–water partition coefficient (Wildman–Crippen LogP) is 3.56. The fraction of sp³-hybridized carbons (Fsp3) is 0.917. The minimum atomic E-state index is 0. The third-order valence-corrected chi connectivity index (χ3v) is 2.35. The molecular formula is C12H28Bi. The molecule has 81 valence electrons. The molecule has 0 aliphatic heterocycles. The summed E-state index contributed by atoms with van der Waals surface area (Å²) in [5.74, 6) is 0. The summed E-state index contributed by atoms with van der Waals surface area (Å²) >= 11 is 0. The molecule has 0 N–H and O–H groups in total. The van der Waals surface area contributed by atoms with Crippen molar-refractivity contribution in [2.45, 2.75) is 71.1 Å². The standard InChI is InChI=1S/C12H25.Bi.3H/c1-3-5-7-9-11-12-10-8-6-4-2;;;;/h1,3-12H2,2H3;;;;. The van der Waals surface area contributed by atoms with Crippen LogP contribution in [-0.2, 0) is 0 Å². The molecule has 0 spiro atoms. The zero-order valence-corrected chi connectivity index (χ0v) is 15.0. The van der Waals surface area contributed by atoms with E-state index in [4.69, 9.17) is 0 Å². The summed E-state index contributed by atoms with van der Waals surface area (Å²) in [6.45, 7) is 6.12. The number of rotatable bonds is 9. The number of unbranched alkanes of at least 4 members (excludes halogenated alkanes) is 9. The SMILES string of the molecule is [BiH3].[CH2]CCCCCCCCCCC. The molecule has 0 aromatic rings. The van der Waals surface area contributed by atoms with Crippen molar-refractivity contribution in [1.82, 2.24) is 0 Å². The van der Waals surface area contributed by atoms with Crippen LogP contribution < -0.4 is 0 Å². The minimum absolute atomic E-state index is 0. The van der Waals surface area contributed by atoms with Gasteiger partial charge in [-0.2, -0.15) is 0 Å². The molecule has 1 heteroatoms. The van der Waals surface area contributed by atoms with Gasteiger partial charge < -0.3 is 0 Å². The predicted molar refractivity (Wildman–Crippen MR) is 67.1 cm³/mol. The Kier molecular flexibility index (Phi) is 19.3. The molecule has 0 nitrogen and oxygen atoms in total. The van der Waals surface area contributed by atoms with Crippen LogP contribution in [0, 0.1) is 6.92 Å². The van der Waals surface area contributed by atoms with Crippen molar-refractivity contribution in [3.05, 3.63) is 6.92 Å². The van der Waals surface area contributed by atoms with Crippen LogP contribution in [-0.4, -0.2) is 26.2 Å². The van der Waals surface area contributed by atoms with Crippen LogP contribution in [0.3, 0.4) is 0 Å². The maximum Gasteiger partial charge on any atom is -0.0533 e. The molecule has 0 aromatic heterocycles. The van der Waals surface area contributed by atoms with Gasteiger partial charge in [-0.05, 0) is 0 Å². The van der Waals surface area contributed by atoms with Gasteiger partial charge in [0.2, 0.25) is 0 Å². The molecule has 0 atom stereocenters. The van der Waals surface area contributed by atoms with E-state index in [9.17, 15) is 0 Å². The summed E-state index contributed by atoms with van der Waals surface area (Å²) in [6.07, 6.45) is 13.9. The van der Waals surface area contributed by atoms with Gasteiger partial charge in [0, 0.05) is 0 Å². The van der Waals surface area contributed by atoms with Gasteiger partial charge in [-0.15, -0.1) is 0 Å². The Morgan fingerprint density at radius 1 is 0.692 bits per heavy atom. The fourth-order valence-electron chi connectivity index (χ4n) is 1.49. The van der Waals surface area contributed by atoms with E-state index >= 15 is 0 Å². The molecular weight excluding hydrogens is 353 g/mol. The Labute approximate surface area is 104 Å². The van der Waals surface area contributed by atoms with Gasteiger partial charge in [0.15, 0.2) is 0 Å². The summed E-state index contributed by atoms with van der Waals surface area (Å²) in [6, 6.07) is 0. The number of hydrogen-bond acceptors (Lipinski definition) is 0. The van der Waals surface area contributed by atoms with Crippen molar-refractivity contribution in [2.75, 3.05) is 0 Å². The molecule has 0 saturated heterocycles. The van der Waals surface area contributed by atoms with Crippen molar-refractivity contribution < 1.29 is 0 Å². The van der Waals surface area contributed by atoms with E-state index in [1.807, 2.05) is 0 Å². The van der Waals surface area contributed by atoms with Gasteiger partial charge in [0.25, 0.3) is 0 Å². The quantitative estimate of drug-likeness (QED) is 0.423. The maximum atomic E-state index is 3.84. The van der Waals surface area contributed by atoms with Gasteiger partial charge in [-0.25, -0.2) is 0 Å². The van der Waals surface area contributed by atoms with Crippen molar-refractivity contribution in [3.8, 4) is 0 Å². The molecule has 0 heterocycles. The zero-order valence-electron chi connectivity index (χ0n) is 9.49. The van der Waals surface area contributed by atoms with E-state index in [2.05, 4.69) is 13.8 Å². The molecule has 0 aromatic carbocycles. The summed E-state index contributed by atoms with van der Waals surface area (Å²) in [4.78, 5) is 0. The maximum absolute atomic E-state index is 3.84. The first-order valence-corrected chi connectivity index (χ1v) is 5.71. The molecule has 0 unspecified atom stereocenters. The summed E-state index contributed by atoms with van der Waals surface area (Å²) in [5, 5.41) is 0. The molecule has 1 radical (unpaired) electrons. The first-order chi connectivity index (χ1) is 5.91. The van der Waals surface area contributed by atoms with Crippen LogP contribution in [0.2, 0.25) is 0 Å². The topological polar surface area (TPSA) is 0 Å². The van der Waals surface area contributed by atoms with E-state index in [0.717, 1.165) is 6.42 Å². The Bertz CT molecular complexity index is 61.5. The minimum Gasteiger partial charge on any atom is -0.0654 e. The van der Waals surface area contributed by atoms with E-state index < -0.39 is 0 Å². The fourth-order valence-corrected chi connectivity index (χ4v) is 1.49. The van der Waals surface area contributed by atoms with Crippen LogP contribution in [0.25, 0.3) is 0 Å².